The predicted molar refractivity (Wildman–Crippen MR) is 89.1 cm³/mol. The van der Waals surface area contributed by atoms with Crippen molar-refractivity contribution in [2.24, 2.45) is 5.92 Å². The average Bonchev–Trinajstić information content (AvgIpc) is 2.97. The predicted octanol–water partition coefficient (Wildman–Crippen LogP) is 2.77. The topological polar surface area (TPSA) is 63.7 Å². The third-order valence-electron chi connectivity index (χ3n) is 4.01. The van der Waals surface area contributed by atoms with Crippen LogP contribution in [0.4, 0.5) is 5.69 Å². The average molecular weight is 323 g/mol. The fraction of sp³-hybridized carbons (Fsp3) is 0.211. The lowest BCUT2D eigenvalue weighted by molar-refractivity contribution is -0.139. The number of carbonyl (C=O) groups excluding carboxylic acids is 3. The zero-order chi connectivity index (χ0) is 17.1. The van der Waals surface area contributed by atoms with E-state index in [1.807, 2.05) is 31.2 Å². The van der Waals surface area contributed by atoms with E-state index in [1.165, 1.54) is 0 Å². The molecule has 0 radical (unpaired) electrons. The maximum Gasteiger partial charge on any atom is 0.316 e. The van der Waals surface area contributed by atoms with Gasteiger partial charge in [0.1, 0.15) is 12.0 Å². The molecule has 1 saturated heterocycles. The Morgan fingerprint density at radius 2 is 1.96 bits per heavy atom. The van der Waals surface area contributed by atoms with E-state index in [1.54, 1.807) is 29.2 Å². The Morgan fingerprint density at radius 3 is 2.62 bits per heavy atom. The molecule has 5 heteroatoms. The number of hydrogen-bond acceptors (Lipinski definition) is 4. The fourth-order valence-corrected chi connectivity index (χ4v) is 2.72. The van der Waals surface area contributed by atoms with Crippen molar-refractivity contribution in [1.29, 1.82) is 0 Å². The molecular formula is C19H17NO4. The van der Waals surface area contributed by atoms with Gasteiger partial charge in [0.05, 0.1) is 5.92 Å². The zero-order valence-electron chi connectivity index (χ0n) is 13.3. The van der Waals surface area contributed by atoms with Gasteiger partial charge in [0.2, 0.25) is 5.91 Å². The van der Waals surface area contributed by atoms with Gasteiger partial charge in [0, 0.05) is 24.2 Å². The lowest BCUT2D eigenvalue weighted by Gasteiger charge is -2.17. The van der Waals surface area contributed by atoms with Crippen LogP contribution in [0, 0.1) is 12.8 Å². The van der Waals surface area contributed by atoms with Gasteiger partial charge < -0.3 is 9.64 Å². The van der Waals surface area contributed by atoms with Gasteiger partial charge in [-0.2, -0.15) is 0 Å². The fourth-order valence-electron chi connectivity index (χ4n) is 2.72. The van der Waals surface area contributed by atoms with E-state index >= 15 is 0 Å². The van der Waals surface area contributed by atoms with E-state index in [0.717, 1.165) is 17.5 Å². The van der Waals surface area contributed by atoms with Crippen LogP contribution >= 0.6 is 0 Å². The molecule has 0 aromatic heterocycles. The number of nitrogens with zero attached hydrogens (tertiary/aromatic N) is 1. The molecule has 3 rings (SSSR count). The van der Waals surface area contributed by atoms with Gasteiger partial charge in [-0.25, -0.2) is 0 Å². The maximum atomic E-state index is 12.3. The SMILES string of the molecule is Cc1cccc(N2C[C@H](C(=O)Oc3ccc(C=O)cc3)CC2=O)c1. The summed E-state index contributed by atoms with van der Waals surface area (Å²) in [6.07, 6.45) is 0.861. The molecule has 0 spiro atoms. The minimum Gasteiger partial charge on any atom is -0.426 e. The molecule has 2 aromatic rings. The molecule has 122 valence electrons. The highest BCUT2D eigenvalue weighted by Gasteiger charge is 2.36. The summed E-state index contributed by atoms with van der Waals surface area (Å²) in [6, 6.07) is 13.9. The second kappa shape index (κ2) is 6.66. The van der Waals surface area contributed by atoms with Crippen molar-refractivity contribution in [3.8, 4) is 5.75 Å². The largest absolute Gasteiger partial charge is 0.426 e. The van der Waals surface area contributed by atoms with Crippen LogP contribution < -0.4 is 9.64 Å². The summed E-state index contributed by atoms with van der Waals surface area (Å²) in [7, 11) is 0. The zero-order valence-corrected chi connectivity index (χ0v) is 13.3. The van der Waals surface area contributed by atoms with Gasteiger partial charge in [-0.1, -0.05) is 12.1 Å². The second-order valence-electron chi connectivity index (χ2n) is 5.85. The van der Waals surface area contributed by atoms with Crippen LogP contribution in [0.5, 0.6) is 5.75 Å². The number of benzene rings is 2. The molecule has 1 aliphatic rings. The van der Waals surface area contributed by atoms with Gasteiger partial charge in [0.25, 0.3) is 0 Å². The van der Waals surface area contributed by atoms with Crippen molar-refractivity contribution in [3.05, 3.63) is 59.7 Å². The van der Waals surface area contributed by atoms with E-state index < -0.39 is 11.9 Å². The van der Waals surface area contributed by atoms with Gasteiger partial charge in [-0.05, 0) is 48.9 Å². The number of aldehydes is 1. The first-order valence-electron chi connectivity index (χ1n) is 7.71. The lowest BCUT2D eigenvalue weighted by Crippen LogP contribution is -2.27. The van der Waals surface area contributed by atoms with Gasteiger partial charge >= 0.3 is 5.97 Å². The monoisotopic (exact) mass is 323 g/mol. The van der Waals surface area contributed by atoms with Crippen LogP contribution in [0.1, 0.15) is 22.3 Å². The van der Waals surface area contributed by atoms with Crippen LogP contribution in [0.25, 0.3) is 0 Å². The van der Waals surface area contributed by atoms with E-state index in [9.17, 15) is 14.4 Å². The van der Waals surface area contributed by atoms with E-state index in [4.69, 9.17) is 4.74 Å². The maximum absolute atomic E-state index is 12.3. The molecule has 0 bridgehead atoms. The highest BCUT2D eigenvalue weighted by atomic mass is 16.5. The Morgan fingerprint density at radius 1 is 1.21 bits per heavy atom. The quantitative estimate of drug-likeness (QED) is 0.493. The molecule has 0 saturated carbocycles. The molecule has 0 aliphatic carbocycles. The van der Waals surface area contributed by atoms with Crippen LogP contribution in [0.15, 0.2) is 48.5 Å². The number of anilines is 1. The molecule has 1 heterocycles. The smallest absolute Gasteiger partial charge is 0.316 e. The van der Waals surface area contributed by atoms with Gasteiger partial charge in [0.15, 0.2) is 0 Å². The molecule has 1 fully saturated rings. The third-order valence-corrected chi connectivity index (χ3v) is 4.01. The van der Waals surface area contributed by atoms with Crippen molar-refractivity contribution in [2.45, 2.75) is 13.3 Å². The first kappa shape index (κ1) is 15.9. The van der Waals surface area contributed by atoms with Crippen molar-refractivity contribution in [1.82, 2.24) is 0 Å². The summed E-state index contributed by atoms with van der Waals surface area (Å²) < 4.78 is 5.32. The minimum atomic E-state index is -0.497. The van der Waals surface area contributed by atoms with Crippen molar-refractivity contribution < 1.29 is 19.1 Å². The highest BCUT2D eigenvalue weighted by molar-refractivity contribution is 5.99. The lowest BCUT2D eigenvalue weighted by atomic mass is 10.1. The summed E-state index contributed by atoms with van der Waals surface area (Å²) in [6.45, 7) is 2.27. The summed E-state index contributed by atoms with van der Waals surface area (Å²) in [5.74, 6) is -0.646. The Hall–Kier alpha value is -2.95. The Kier molecular flexibility index (Phi) is 4.42. The number of hydrogen-bond donors (Lipinski definition) is 0. The van der Waals surface area contributed by atoms with Crippen molar-refractivity contribution >= 4 is 23.9 Å². The van der Waals surface area contributed by atoms with Crippen LogP contribution in [-0.2, 0) is 9.59 Å². The molecule has 2 aromatic carbocycles. The van der Waals surface area contributed by atoms with Crippen molar-refractivity contribution in [3.63, 3.8) is 0 Å². The molecule has 0 N–H and O–H groups in total. The van der Waals surface area contributed by atoms with Crippen LogP contribution in [-0.4, -0.2) is 24.7 Å². The molecule has 1 amide bonds. The van der Waals surface area contributed by atoms with E-state index in [-0.39, 0.29) is 12.3 Å². The Balaban J connectivity index is 1.68. The second-order valence-corrected chi connectivity index (χ2v) is 5.85. The summed E-state index contributed by atoms with van der Waals surface area (Å²) >= 11 is 0. The van der Waals surface area contributed by atoms with Crippen LogP contribution in [0.3, 0.4) is 0 Å². The third kappa shape index (κ3) is 3.35. The highest BCUT2D eigenvalue weighted by Crippen LogP contribution is 2.27. The number of aryl methyl sites for hydroxylation is 1. The first-order valence-corrected chi connectivity index (χ1v) is 7.71. The van der Waals surface area contributed by atoms with Gasteiger partial charge in [-0.15, -0.1) is 0 Å². The molecule has 1 atom stereocenters. The standard InChI is InChI=1S/C19H17NO4/c1-13-3-2-4-16(9-13)20-11-15(10-18(20)22)19(23)24-17-7-5-14(12-21)6-8-17/h2-9,12,15H,10-11H2,1H3/t15-/m1/s1. The molecule has 0 unspecified atom stereocenters. The van der Waals surface area contributed by atoms with Crippen molar-refractivity contribution in [2.75, 3.05) is 11.4 Å². The van der Waals surface area contributed by atoms with Crippen LogP contribution in [0.2, 0.25) is 0 Å². The number of ether oxygens (including phenoxy) is 1. The van der Waals surface area contributed by atoms with E-state index in [0.29, 0.717) is 17.9 Å². The first-order chi connectivity index (χ1) is 11.6. The Labute approximate surface area is 139 Å². The molecule has 1 aliphatic heterocycles. The number of carbonyl (C=O) groups is 3. The summed E-state index contributed by atoms with van der Waals surface area (Å²) in [5.41, 5.74) is 2.36. The van der Waals surface area contributed by atoms with E-state index in [2.05, 4.69) is 0 Å². The van der Waals surface area contributed by atoms with Gasteiger partial charge in [-0.3, -0.25) is 14.4 Å². The summed E-state index contributed by atoms with van der Waals surface area (Å²) in [4.78, 5) is 36.8. The molecule has 24 heavy (non-hydrogen) atoms. The minimum absolute atomic E-state index is 0.0844. The number of rotatable bonds is 4. The molecular weight excluding hydrogens is 306 g/mol. The normalized spacial score (nSPS) is 17.0. The Bertz CT molecular complexity index is 782. The number of esters is 1. The summed E-state index contributed by atoms with van der Waals surface area (Å²) in [5, 5.41) is 0. The number of amides is 1. The molecule has 5 nitrogen and oxygen atoms in total.